The fourth-order valence-corrected chi connectivity index (χ4v) is 4.19. The summed E-state index contributed by atoms with van der Waals surface area (Å²) in [4.78, 5) is 7.34. The molecule has 1 aromatic carbocycles. The lowest BCUT2D eigenvalue weighted by Gasteiger charge is -2.34. The molecule has 20 heavy (non-hydrogen) atoms. The van der Waals surface area contributed by atoms with E-state index < -0.39 is 0 Å². The van der Waals surface area contributed by atoms with Crippen molar-refractivity contribution in [1.82, 2.24) is 4.90 Å². The van der Waals surface area contributed by atoms with Gasteiger partial charge in [-0.1, -0.05) is 45.4 Å². The van der Waals surface area contributed by atoms with E-state index in [1.165, 1.54) is 17.8 Å². The largest absolute Gasteiger partial charge is 0.355 e. The molecule has 1 saturated heterocycles. The van der Waals surface area contributed by atoms with E-state index in [2.05, 4.69) is 38.7 Å². The molecule has 1 fully saturated rings. The number of halogens is 1. The van der Waals surface area contributed by atoms with Crippen LogP contribution in [0.4, 0.5) is 5.69 Å². The van der Waals surface area contributed by atoms with Crippen LogP contribution in [-0.2, 0) is 6.54 Å². The molecule has 3 rings (SSSR count). The van der Waals surface area contributed by atoms with Gasteiger partial charge in [-0.05, 0) is 29.4 Å². The van der Waals surface area contributed by atoms with Crippen molar-refractivity contribution in [2.24, 2.45) is 15.8 Å². The fraction of sp³-hybridized carbons (Fsp3) is 0.588. The molecule has 0 N–H and O–H groups in total. The van der Waals surface area contributed by atoms with Gasteiger partial charge in [-0.25, -0.2) is 4.99 Å². The molecule has 108 valence electrons. The molecule has 0 bridgehead atoms. The van der Waals surface area contributed by atoms with Crippen LogP contribution in [-0.4, -0.2) is 17.3 Å². The highest BCUT2D eigenvalue weighted by Crippen LogP contribution is 2.43. The Bertz CT molecular complexity index is 572. The minimum Gasteiger partial charge on any atom is -0.355 e. The summed E-state index contributed by atoms with van der Waals surface area (Å²) in [6.07, 6.45) is 2.27. The van der Waals surface area contributed by atoms with Gasteiger partial charge in [-0.2, -0.15) is 0 Å². The second-order valence-corrected chi connectivity index (χ2v) is 8.21. The van der Waals surface area contributed by atoms with Gasteiger partial charge in [0.2, 0.25) is 0 Å². The van der Waals surface area contributed by atoms with Crippen molar-refractivity contribution in [1.29, 1.82) is 0 Å². The molecule has 0 spiro atoms. The summed E-state index contributed by atoms with van der Waals surface area (Å²) in [5.41, 5.74) is 2.83. The van der Waals surface area contributed by atoms with E-state index in [1.807, 2.05) is 12.1 Å². The number of hydrogen-bond donors (Lipinski definition) is 0. The standard InChI is InChI=1S/C17H23ClN2/c1-16(2)8-15-19-14-7-5-6-13(18)12(14)9-20(15)11-17(3,4)10-16/h5-7H,8-11H2,1-4H3. The van der Waals surface area contributed by atoms with Gasteiger partial charge >= 0.3 is 0 Å². The third kappa shape index (κ3) is 2.58. The molecule has 0 radical (unpaired) electrons. The van der Waals surface area contributed by atoms with Gasteiger partial charge in [0, 0.05) is 30.1 Å². The zero-order valence-electron chi connectivity index (χ0n) is 12.8. The van der Waals surface area contributed by atoms with Gasteiger partial charge in [0.15, 0.2) is 0 Å². The lowest BCUT2D eigenvalue weighted by molar-refractivity contribution is 0.185. The topological polar surface area (TPSA) is 15.6 Å². The molecule has 0 amide bonds. The quantitative estimate of drug-likeness (QED) is 0.654. The van der Waals surface area contributed by atoms with Crippen LogP contribution >= 0.6 is 11.6 Å². The molecule has 2 aliphatic rings. The summed E-state index contributed by atoms with van der Waals surface area (Å²) in [5, 5.41) is 0.839. The third-order valence-electron chi connectivity index (χ3n) is 4.27. The van der Waals surface area contributed by atoms with Crippen LogP contribution in [0.5, 0.6) is 0 Å². The van der Waals surface area contributed by atoms with Crippen LogP contribution in [0, 0.1) is 10.8 Å². The Labute approximate surface area is 126 Å². The van der Waals surface area contributed by atoms with Crippen molar-refractivity contribution in [2.45, 2.75) is 47.1 Å². The first-order valence-electron chi connectivity index (χ1n) is 7.36. The second kappa shape index (κ2) is 4.49. The van der Waals surface area contributed by atoms with Crippen LogP contribution in [0.3, 0.4) is 0 Å². The normalized spacial score (nSPS) is 23.4. The van der Waals surface area contributed by atoms with Crippen molar-refractivity contribution in [3.05, 3.63) is 28.8 Å². The van der Waals surface area contributed by atoms with E-state index in [4.69, 9.17) is 16.6 Å². The van der Waals surface area contributed by atoms with E-state index in [-0.39, 0.29) is 0 Å². The summed E-state index contributed by atoms with van der Waals surface area (Å²) in [6.45, 7) is 11.4. The van der Waals surface area contributed by atoms with E-state index in [0.29, 0.717) is 10.8 Å². The van der Waals surface area contributed by atoms with E-state index in [0.717, 1.165) is 30.2 Å². The van der Waals surface area contributed by atoms with Gasteiger partial charge in [-0.15, -0.1) is 0 Å². The van der Waals surface area contributed by atoms with Crippen LogP contribution in [0.1, 0.15) is 46.1 Å². The highest BCUT2D eigenvalue weighted by Gasteiger charge is 2.38. The smallest absolute Gasteiger partial charge is 0.106 e. The summed E-state index contributed by atoms with van der Waals surface area (Å²) in [6, 6.07) is 6.04. The maximum atomic E-state index is 6.35. The monoisotopic (exact) mass is 290 g/mol. The average molecular weight is 291 g/mol. The minimum absolute atomic E-state index is 0.299. The summed E-state index contributed by atoms with van der Waals surface area (Å²) in [5.74, 6) is 1.23. The molecular formula is C17H23ClN2. The molecule has 2 nitrogen and oxygen atoms in total. The van der Waals surface area contributed by atoms with E-state index >= 15 is 0 Å². The van der Waals surface area contributed by atoms with Crippen molar-refractivity contribution in [3.8, 4) is 0 Å². The van der Waals surface area contributed by atoms with E-state index in [1.54, 1.807) is 0 Å². The molecule has 0 atom stereocenters. The lowest BCUT2D eigenvalue weighted by Crippen LogP contribution is -2.37. The lowest BCUT2D eigenvalue weighted by atomic mass is 9.74. The average Bonchev–Trinajstić information content (AvgIpc) is 2.37. The Hall–Kier alpha value is -1.02. The molecule has 0 saturated carbocycles. The molecule has 0 aliphatic carbocycles. The van der Waals surface area contributed by atoms with Crippen molar-refractivity contribution in [2.75, 3.05) is 6.54 Å². The SMILES string of the molecule is CC1(C)CC2=Nc3cccc(Cl)c3CN2CC(C)(C)C1. The highest BCUT2D eigenvalue weighted by atomic mass is 35.5. The number of fused-ring (bicyclic) bond motifs is 2. The van der Waals surface area contributed by atoms with Crippen molar-refractivity contribution in [3.63, 3.8) is 0 Å². The Balaban J connectivity index is 2.05. The Kier molecular flexibility index (Phi) is 3.13. The Morgan fingerprint density at radius 1 is 1.15 bits per heavy atom. The molecule has 2 aliphatic heterocycles. The highest BCUT2D eigenvalue weighted by molar-refractivity contribution is 6.31. The molecule has 0 aromatic heterocycles. The number of nitrogens with zero attached hydrogens (tertiary/aromatic N) is 2. The van der Waals surface area contributed by atoms with E-state index in [9.17, 15) is 0 Å². The van der Waals surface area contributed by atoms with Crippen LogP contribution in [0.2, 0.25) is 5.02 Å². The minimum atomic E-state index is 0.299. The van der Waals surface area contributed by atoms with Gasteiger partial charge in [0.25, 0.3) is 0 Å². The first kappa shape index (κ1) is 13.9. The summed E-state index contributed by atoms with van der Waals surface area (Å²) in [7, 11) is 0. The summed E-state index contributed by atoms with van der Waals surface area (Å²) >= 11 is 6.35. The maximum Gasteiger partial charge on any atom is 0.106 e. The summed E-state index contributed by atoms with van der Waals surface area (Å²) < 4.78 is 0. The van der Waals surface area contributed by atoms with Crippen molar-refractivity contribution < 1.29 is 0 Å². The number of aliphatic imine (C=N–C) groups is 1. The Morgan fingerprint density at radius 2 is 1.90 bits per heavy atom. The van der Waals surface area contributed by atoms with Crippen LogP contribution < -0.4 is 0 Å². The second-order valence-electron chi connectivity index (χ2n) is 7.80. The predicted molar refractivity (Wildman–Crippen MR) is 85.8 cm³/mol. The molecule has 1 aromatic rings. The van der Waals surface area contributed by atoms with Crippen LogP contribution in [0.25, 0.3) is 0 Å². The van der Waals surface area contributed by atoms with Gasteiger partial charge in [-0.3, -0.25) is 0 Å². The fourth-order valence-electron chi connectivity index (χ4n) is 3.96. The zero-order valence-corrected chi connectivity index (χ0v) is 13.6. The maximum absolute atomic E-state index is 6.35. The molecule has 0 unspecified atom stereocenters. The molecule has 2 heterocycles. The number of hydrogen-bond acceptors (Lipinski definition) is 2. The first-order chi connectivity index (χ1) is 9.26. The number of benzene rings is 1. The van der Waals surface area contributed by atoms with Gasteiger partial charge < -0.3 is 4.90 Å². The van der Waals surface area contributed by atoms with Crippen molar-refractivity contribution >= 4 is 23.1 Å². The predicted octanol–water partition coefficient (Wildman–Crippen LogP) is 5.03. The number of amidine groups is 1. The third-order valence-corrected chi connectivity index (χ3v) is 4.62. The molecular weight excluding hydrogens is 268 g/mol. The zero-order chi connectivity index (χ0) is 14.5. The Morgan fingerprint density at radius 3 is 2.65 bits per heavy atom. The van der Waals surface area contributed by atoms with Gasteiger partial charge in [0.05, 0.1) is 5.69 Å². The molecule has 3 heteroatoms. The van der Waals surface area contributed by atoms with Crippen LogP contribution in [0.15, 0.2) is 23.2 Å². The number of rotatable bonds is 0. The first-order valence-corrected chi connectivity index (χ1v) is 7.74. The van der Waals surface area contributed by atoms with Gasteiger partial charge in [0.1, 0.15) is 5.84 Å².